The zero-order valence-corrected chi connectivity index (χ0v) is 15.3. The molecule has 0 amide bonds. The van der Waals surface area contributed by atoms with E-state index in [0.717, 1.165) is 27.9 Å². The normalized spacial score (nSPS) is 10.5. The summed E-state index contributed by atoms with van der Waals surface area (Å²) in [5.41, 5.74) is 3.52. The van der Waals surface area contributed by atoms with Crippen LogP contribution in [0.3, 0.4) is 0 Å². The van der Waals surface area contributed by atoms with Crippen LogP contribution < -0.4 is 5.32 Å². The Hall–Kier alpha value is -2.93. The van der Waals surface area contributed by atoms with E-state index in [4.69, 9.17) is 0 Å². The molecule has 0 aliphatic rings. The Morgan fingerprint density at radius 1 is 1.00 bits per heavy atom. The van der Waals surface area contributed by atoms with Crippen molar-refractivity contribution in [3.63, 3.8) is 0 Å². The number of nitrogens with one attached hydrogen (secondary N) is 2. The van der Waals surface area contributed by atoms with Crippen LogP contribution in [0.25, 0.3) is 22.3 Å². The molecular weight excluding hydrogens is 399 g/mol. The molecule has 3 N–H and O–H groups in total. The molecule has 5 nitrogen and oxygen atoms in total. The first-order chi connectivity index (χ1) is 12.2. The molecule has 0 bridgehead atoms. The molecule has 0 radical (unpaired) electrons. The lowest BCUT2D eigenvalue weighted by Gasteiger charge is -2.06. The van der Waals surface area contributed by atoms with Gasteiger partial charge in [-0.1, -0.05) is 12.1 Å². The number of fused-ring (bicyclic) bond motifs is 1. The minimum Gasteiger partial charge on any atom is -0.508 e. The monoisotopic (exact) mass is 414 g/mol. The minimum atomic E-state index is -0.252. The number of aromatic amines is 1. The average Bonchev–Trinajstić information content (AvgIpc) is 3.06. The van der Waals surface area contributed by atoms with Gasteiger partial charge < -0.3 is 15.4 Å². The van der Waals surface area contributed by atoms with E-state index in [1.807, 2.05) is 18.2 Å². The zero-order valence-electron chi connectivity index (χ0n) is 13.6. The van der Waals surface area contributed by atoms with Crippen molar-refractivity contribution in [2.75, 3.05) is 5.32 Å². The van der Waals surface area contributed by atoms with Crippen LogP contribution in [-0.2, 0) is 6.54 Å². The van der Waals surface area contributed by atoms with Crippen LogP contribution >= 0.6 is 17.0 Å². The van der Waals surface area contributed by atoms with Gasteiger partial charge in [-0.2, -0.15) is 0 Å². The number of aromatic hydroxyl groups is 1. The van der Waals surface area contributed by atoms with Gasteiger partial charge in [0.2, 0.25) is 0 Å². The quantitative estimate of drug-likeness (QED) is 0.453. The van der Waals surface area contributed by atoms with Gasteiger partial charge in [0.05, 0.1) is 5.39 Å². The highest BCUT2D eigenvalue weighted by Gasteiger charge is 2.09. The summed E-state index contributed by atoms with van der Waals surface area (Å²) in [6.45, 7) is 0.534. The number of hydrogen-bond acceptors (Lipinski definition) is 4. The highest BCUT2D eigenvalue weighted by atomic mass is 79.9. The van der Waals surface area contributed by atoms with Gasteiger partial charge in [0.25, 0.3) is 0 Å². The summed E-state index contributed by atoms with van der Waals surface area (Å²) >= 11 is 0. The second-order valence-corrected chi connectivity index (χ2v) is 5.69. The molecule has 4 rings (SSSR count). The van der Waals surface area contributed by atoms with E-state index < -0.39 is 0 Å². The Balaban J connectivity index is 0.00000196. The summed E-state index contributed by atoms with van der Waals surface area (Å²) in [5.74, 6) is 0.675. The molecule has 0 atom stereocenters. The van der Waals surface area contributed by atoms with Crippen LogP contribution in [-0.4, -0.2) is 20.1 Å². The SMILES string of the molecule is Br.Oc1ccc(-c2cc3c(NCc4ccc(F)cc4)ncnc3[nH]2)cc1. The maximum atomic E-state index is 13.0. The van der Waals surface area contributed by atoms with Crippen molar-refractivity contribution >= 4 is 33.8 Å². The van der Waals surface area contributed by atoms with Gasteiger partial charge in [0.15, 0.2) is 0 Å². The fourth-order valence-electron chi connectivity index (χ4n) is 2.67. The molecule has 2 heterocycles. The summed E-state index contributed by atoms with van der Waals surface area (Å²) in [7, 11) is 0. The number of aromatic nitrogens is 3. The lowest BCUT2D eigenvalue weighted by atomic mass is 10.1. The number of phenols is 1. The molecule has 2 aromatic heterocycles. The van der Waals surface area contributed by atoms with Crippen LogP contribution in [0.2, 0.25) is 0 Å². The van der Waals surface area contributed by atoms with Gasteiger partial charge in [-0.15, -0.1) is 17.0 Å². The van der Waals surface area contributed by atoms with Gasteiger partial charge >= 0.3 is 0 Å². The molecule has 0 unspecified atom stereocenters. The fraction of sp³-hybridized carbons (Fsp3) is 0.0526. The number of hydrogen-bond donors (Lipinski definition) is 3. The van der Waals surface area contributed by atoms with E-state index in [9.17, 15) is 9.50 Å². The van der Waals surface area contributed by atoms with Gasteiger partial charge in [-0.3, -0.25) is 0 Å². The molecule has 0 aliphatic heterocycles. The number of anilines is 1. The number of phenolic OH excluding ortho intramolecular Hbond substituents is 1. The molecule has 0 spiro atoms. The molecule has 7 heteroatoms. The van der Waals surface area contributed by atoms with E-state index in [-0.39, 0.29) is 28.5 Å². The molecule has 4 aromatic rings. The van der Waals surface area contributed by atoms with E-state index in [0.29, 0.717) is 12.4 Å². The van der Waals surface area contributed by atoms with Crippen molar-refractivity contribution in [2.45, 2.75) is 6.54 Å². The van der Waals surface area contributed by atoms with Gasteiger partial charge in [-0.25, -0.2) is 14.4 Å². The van der Waals surface area contributed by atoms with Crippen LogP contribution in [0.1, 0.15) is 5.56 Å². The Morgan fingerprint density at radius 2 is 1.73 bits per heavy atom. The van der Waals surface area contributed by atoms with E-state index in [1.165, 1.54) is 18.5 Å². The predicted octanol–water partition coefficient (Wildman–Crippen LogP) is 4.66. The van der Waals surface area contributed by atoms with Crippen molar-refractivity contribution in [1.82, 2.24) is 15.0 Å². The third-order valence-corrected chi connectivity index (χ3v) is 3.98. The van der Waals surface area contributed by atoms with E-state index in [2.05, 4.69) is 20.3 Å². The number of halogens is 2. The predicted molar refractivity (Wildman–Crippen MR) is 105 cm³/mol. The van der Waals surface area contributed by atoms with Crippen molar-refractivity contribution in [1.29, 1.82) is 0 Å². The van der Waals surface area contributed by atoms with E-state index in [1.54, 1.807) is 24.3 Å². The van der Waals surface area contributed by atoms with Crippen molar-refractivity contribution < 1.29 is 9.50 Å². The van der Waals surface area contributed by atoms with Crippen LogP contribution in [0, 0.1) is 5.82 Å². The van der Waals surface area contributed by atoms with Crippen molar-refractivity contribution in [3.8, 4) is 17.0 Å². The Morgan fingerprint density at radius 3 is 2.46 bits per heavy atom. The third-order valence-electron chi connectivity index (χ3n) is 3.98. The molecule has 0 fully saturated rings. The maximum absolute atomic E-state index is 13.0. The maximum Gasteiger partial charge on any atom is 0.143 e. The number of rotatable bonds is 4. The number of nitrogens with zero attached hydrogens (tertiary/aromatic N) is 2. The minimum absolute atomic E-state index is 0. The summed E-state index contributed by atoms with van der Waals surface area (Å²) in [5, 5.41) is 13.5. The second kappa shape index (κ2) is 7.53. The molecule has 0 aliphatic carbocycles. The highest BCUT2D eigenvalue weighted by Crippen LogP contribution is 2.27. The first-order valence-electron chi connectivity index (χ1n) is 7.80. The molecule has 26 heavy (non-hydrogen) atoms. The lowest BCUT2D eigenvalue weighted by Crippen LogP contribution is -2.02. The Labute approximate surface area is 159 Å². The van der Waals surface area contributed by atoms with E-state index >= 15 is 0 Å². The molecule has 0 saturated heterocycles. The molecule has 132 valence electrons. The topological polar surface area (TPSA) is 73.8 Å². The largest absolute Gasteiger partial charge is 0.508 e. The second-order valence-electron chi connectivity index (χ2n) is 5.69. The van der Waals surface area contributed by atoms with Gasteiger partial charge in [0.1, 0.15) is 29.4 Å². The van der Waals surface area contributed by atoms with Crippen LogP contribution in [0.5, 0.6) is 5.75 Å². The van der Waals surface area contributed by atoms with Crippen molar-refractivity contribution in [3.05, 3.63) is 72.3 Å². The van der Waals surface area contributed by atoms with Gasteiger partial charge in [0, 0.05) is 12.2 Å². The third kappa shape index (κ3) is 3.67. The molecule has 0 saturated carbocycles. The Bertz CT molecular complexity index is 1020. The summed E-state index contributed by atoms with van der Waals surface area (Å²) in [4.78, 5) is 11.8. The Kier molecular flexibility index (Phi) is 5.18. The van der Waals surface area contributed by atoms with Crippen LogP contribution in [0.4, 0.5) is 10.2 Å². The smallest absolute Gasteiger partial charge is 0.143 e. The first kappa shape index (κ1) is 17.9. The van der Waals surface area contributed by atoms with Crippen LogP contribution in [0.15, 0.2) is 60.9 Å². The summed E-state index contributed by atoms with van der Waals surface area (Å²) < 4.78 is 13.0. The summed E-state index contributed by atoms with van der Waals surface area (Å²) in [6, 6.07) is 15.3. The number of H-pyrrole nitrogens is 1. The summed E-state index contributed by atoms with van der Waals surface area (Å²) in [6.07, 6.45) is 1.49. The zero-order chi connectivity index (χ0) is 17.2. The van der Waals surface area contributed by atoms with Crippen molar-refractivity contribution in [2.24, 2.45) is 0 Å². The number of benzene rings is 2. The van der Waals surface area contributed by atoms with Gasteiger partial charge in [-0.05, 0) is 53.6 Å². The first-order valence-corrected chi connectivity index (χ1v) is 7.80. The lowest BCUT2D eigenvalue weighted by molar-refractivity contribution is 0.475. The molecule has 2 aromatic carbocycles. The standard InChI is InChI=1S/C19H15FN4O.BrH/c20-14-5-1-12(2-6-14)10-21-18-16-9-17(24-19(16)23-11-22-18)13-3-7-15(25)8-4-13;/h1-9,11,25H,10H2,(H2,21,22,23,24);1H. The molecular formula is C19H16BrFN4O. The fourth-order valence-corrected chi connectivity index (χ4v) is 2.67. The average molecular weight is 415 g/mol. The highest BCUT2D eigenvalue weighted by molar-refractivity contribution is 8.93.